The molecule has 0 aliphatic carbocycles. The maximum Gasteiger partial charge on any atom is 0.250 e. The number of hydrogen-bond donors (Lipinski definition) is 1. The number of piperidine rings is 1. The van der Waals surface area contributed by atoms with Crippen molar-refractivity contribution >= 4 is 50.5 Å². The molecule has 8 nitrogen and oxygen atoms in total. The molecule has 2 aliphatic rings. The number of carbonyl (C=O) groups is 2. The van der Waals surface area contributed by atoms with E-state index in [4.69, 9.17) is 16.3 Å². The second kappa shape index (κ2) is 9.38. The summed E-state index contributed by atoms with van der Waals surface area (Å²) >= 11 is 7.27. The van der Waals surface area contributed by atoms with Crippen molar-refractivity contribution in [3.05, 3.63) is 40.7 Å². The lowest BCUT2D eigenvalue weighted by Gasteiger charge is -2.33. The van der Waals surface area contributed by atoms with Crippen LogP contribution < -0.4 is 14.4 Å². The van der Waals surface area contributed by atoms with Crippen LogP contribution in [0.3, 0.4) is 0 Å². The lowest BCUT2D eigenvalue weighted by Crippen LogP contribution is -2.48. The zero-order valence-corrected chi connectivity index (χ0v) is 19.9. The van der Waals surface area contributed by atoms with Gasteiger partial charge in [0.25, 0.3) is 0 Å². The van der Waals surface area contributed by atoms with Crippen LogP contribution in [0, 0.1) is 5.92 Å². The van der Waals surface area contributed by atoms with Gasteiger partial charge < -0.3 is 14.5 Å². The molecule has 2 fully saturated rings. The number of benzene rings is 1. The van der Waals surface area contributed by atoms with Crippen LogP contribution in [0.1, 0.15) is 19.3 Å². The van der Waals surface area contributed by atoms with Gasteiger partial charge in [0.15, 0.2) is 0 Å². The molecule has 1 N–H and O–H groups in total. The first kappa shape index (κ1) is 23.0. The number of nitrogens with one attached hydrogen (secondary N) is 1. The fraction of sp³-hybridized carbons (Fsp3) is 0.429. The van der Waals surface area contributed by atoms with Gasteiger partial charge in [0, 0.05) is 37.1 Å². The third-order valence-corrected chi connectivity index (χ3v) is 8.95. The topological polar surface area (TPSA) is 96.0 Å². The minimum Gasteiger partial charge on any atom is -0.495 e. The second-order valence-electron chi connectivity index (χ2n) is 7.87. The normalized spacial score (nSPS) is 20.1. The molecule has 0 unspecified atom stereocenters. The number of ether oxygens (including phenoxy) is 1. The molecule has 11 heteroatoms. The molecule has 1 aromatic heterocycles. The Morgan fingerprint density at radius 2 is 2.00 bits per heavy atom. The fourth-order valence-electron chi connectivity index (χ4n) is 4.15. The van der Waals surface area contributed by atoms with Crippen molar-refractivity contribution in [2.75, 3.05) is 31.6 Å². The third kappa shape index (κ3) is 4.78. The molecule has 2 aliphatic heterocycles. The molecule has 2 saturated heterocycles. The molecule has 0 saturated carbocycles. The van der Waals surface area contributed by atoms with Crippen molar-refractivity contribution < 1.29 is 22.7 Å². The fourth-order valence-corrected chi connectivity index (χ4v) is 6.63. The number of sulfonamides is 1. The summed E-state index contributed by atoms with van der Waals surface area (Å²) in [5.74, 6) is -0.163. The van der Waals surface area contributed by atoms with Crippen LogP contribution in [0.25, 0.3) is 0 Å². The highest BCUT2D eigenvalue weighted by atomic mass is 35.5. The van der Waals surface area contributed by atoms with E-state index in [1.807, 2.05) is 0 Å². The molecule has 0 bridgehead atoms. The average Bonchev–Trinajstić information content (AvgIpc) is 3.44. The van der Waals surface area contributed by atoms with Gasteiger partial charge in [0.1, 0.15) is 9.96 Å². The summed E-state index contributed by atoms with van der Waals surface area (Å²) < 4.78 is 33.2. The summed E-state index contributed by atoms with van der Waals surface area (Å²) in [5, 5.41) is 2.21. The highest BCUT2D eigenvalue weighted by molar-refractivity contribution is 7.91. The van der Waals surface area contributed by atoms with E-state index < -0.39 is 15.9 Å². The van der Waals surface area contributed by atoms with Crippen molar-refractivity contribution in [3.8, 4) is 5.75 Å². The highest BCUT2D eigenvalue weighted by Crippen LogP contribution is 2.35. The number of likely N-dealkylation sites (tertiary alicyclic amines) is 1. The van der Waals surface area contributed by atoms with Gasteiger partial charge in [0.05, 0.1) is 18.7 Å². The summed E-state index contributed by atoms with van der Waals surface area (Å²) in [4.78, 5) is 29.0. The first-order chi connectivity index (χ1) is 15.3. The molecule has 172 valence electrons. The molecule has 0 spiro atoms. The van der Waals surface area contributed by atoms with Gasteiger partial charge in [-0.1, -0.05) is 17.7 Å². The Hall–Kier alpha value is -2.14. The van der Waals surface area contributed by atoms with Crippen molar-refractivity contribution in [1.82, 2.24) is 9.62 Å². The number of carbonyl (C=O) groups excluding carboxylic acids is 2. The maximum absolute atomic E-state index is 13.1. The van der Waals surface area contributed by atoms with Gasteiger partial charge in [-0.25, -0.2) is 13.1 Å². The average molecular weight is 498 g/mol. The van der Waals surface area contributed by atoms with Crippen LogP contribution in [-0.4, -0.2) is 57.9 Å². The largest absolute Gasteiger partial charge is 0.495 e. The summed E-state index contributed by atoms with van der Waals surface area (Å²) in [6, 6.07) is 8.10. The molecule has 3 heterocycles. The summed E-state index contributed by atoms with van der Waals surface area (Å²) in [7, 11) is -2.01. The van der Waals surface area contributed by atoms with Gasteiger partial charge in [-0.3, -0.25) is 9.59 Å². The molecule has 1 atom stereocenters. The van der Waals surface area contributed by atoms with Gasteiger partial charge in [-0.2, -0.15) is 0 Å². The van der Waals surface area contributed by atoms with Crippen LogP contribution in [0.5, 0.6) is 5.75 Å². The number of anilines is 1. The lowest BCUT2D eigenvalue weighted by molar-refractivity contribution is -0.136. The van der Waals surface area contributed by atoms with E-state index in [1.54, 1.807) is 45.5 Å². The lowest BCUT2D eigenvalue weighted by atomic mass is 10.0. The van der Waals surface area contributed by atoms with E-state index in [0.717, 1.165) is 0 Å². The Morgan fingerprint density at radius 1 is 1.25 bits per heavy atom. The molecular formula is C21H24ClN3O5S2. The predicted octanol–water partition coefficient (Wildman–Crippen LogP) is 2.73. The van der Waals surface area contributed by atoms with Gasteiger partial charge in [-0.15, -0.1) is 11.3 Å². The van der Waals surface area contributed by atoms with Gasteiger partial charge in [-0.05, 0) is 42.5 Å². The van der Waals surface area contributed by atoms with Gasteiger partial charge >= 0.3 is 0 Å². The Balaban J connectivity index is 1.36. The molecule has 1 aromatic carbocycles. The van der Waals surface area contributed by atoms with E-state index in [9.17, 15) is 18.0 Å². The van der Waals surface area contributed by atoms with Crippen LogP contribution in [0.2, 0.25) is 5.02 Å². The number of thiophene rings is 1. The third-order valence-electron chi connectivity index (χ3n) is 5.79. The highest BCUT2D eigenvalue weighted by Gasteiger charge is 2.39. The van der Waals surface area contributed by atoms with Crippen molar-refractivity contribution in [2.45, 2.75) is 29.5 Å². The number of hydrogen-bond acceptors (Lipinski definition) is 6. The zero-order valence-electron chi connectivity index (χ0n) is 17.5. The zero-order chi connectivity index (χ0) is 22.9. The second-order valence-corrected chi connectivity index (χ2v) is 11.2. The number of halogens is 1. The van der Waals surface area contributed by atoms with Crippen molar-refractivity contribution in [2.24, 2.45) is 5.92 Å². The summed E-state index contributed by atoms with van der Waals surface area (Å²) in [5.41, 5.74) is 0.557. The number of amides is 2. The van der Waals surface area contributed by atoms with Crippen LogP contribution in [-0.2, 0) is 19.6 Å². The molecular weight excluding hydrogens is 474 g/mol. The van der Waals surface area contributed by atoms with Crippen molar-refractivity contribution in [1.29, 1.82) is 0 Å². The van der Waals surface area contributed by atoms with E-state index >= 15 is 0 Å². The molecule has 2 amide bonds. The molecule has 4 rings (SSSR count). The molecule has 0 radical (unpaired) electrons. The Bertz CT molecular complexity index is 1100. The standard InChI is InChI=1S/C21H24ClN3O5S2/c1-30-18-5-4-15(22)12-17(18)25-13-14(11-19(25)26)21(27)24-8-6-16(7-9-24)23-32(28,29)20-3-2-10-31-20/h2-5,10,12,14,16,23H,6-9,11,13H2,1H3/t14-/m0/s1. The molecule has 32 heavy (non-hydrogen) atoms. The van der Waals surface area contributed by atoms with E-state index in [-0.39, 0.29) is 35.0 Å². The first-order valence-electron chi connectivity index (χ1n) is 10.3. The van der Waals surface area contributed by atoms with E-state index in [0.29, 0.717) is 42.4 Å². The number of nitrogens with zero attached hydrogens (tertiary/aromatic N) is 2. The number of methoxy groups -OCH3 is 1. The maximum atomic E-state index is 13.1. The minimum absolute atomic E-state index is 0.0820. The quantitative estimate of drug-likeness (QED) is 0.662. The SMILES string of the molecule is COc1ccc(Cl)cc1N1C[C@@H](C(=O)N2CCC(NS(=O)(=O)c3cccs3)CC2)CC1=O. The van der Waals surface area contributed by atoms with Crippen LogP contribution in [0.4, 0.5) is 5.69 Å². The van der Waals surface area contributed by atoms with E-state index in [1.165, 1.54) is 18.4 Å². The predicted molar refractivity (Wildman–Crippen MR) is 123 cm³/mol. The molecule has 2 aromatic rings. The number of rotatable bonds is 6. The smallest absolute Gasteiger partial charge is 0.250 e. The summed E-state index contributed by atoms with van der Waals surface area (Å²) in [6.45, 7) is 1.16. The first-order valence-corrected chi connectivity index (χ1v) is 13.0. The Morgan fingerprint density at radius 3 is 2.66 bits per heavy atom. The Kier molecular flexibility index (Phi) is 6.75. The van der Waals surface area contributed by atoms with Gasteiger partial charge in [0.2, 0.25) is 21.8 Å². The summed E-state index contributed by atoms with van der Waals surface area (Å²) in [6.07, 6.45) is 1.19. The van der Waals surface area contributed by atoms with Crippen LogP contribution >= 0.6 is 22.9 Å². The van der Waals surface area contributed by atoms with Crippen LogP contribution in [0.15, 0.2) is 39.9 Å². The van der Waals surface area contributed by atoms with Crippen molar-refractivity contribution in [3.63, 3.8) is 0 Å². The Labute approximate surface area is 196 Å². The van der Waals surface area contributed by atoms with E-state index in [2.05, 4.69) is 4.72 Å². The minimum atomic E-state index is -3.53. The monoisotopic (exact) mass is 497 g/mol.